The van der Waals surface area contributed by atoms with E-state index in [-0.39, 0.29) is 11.3 Å². The molecule has 0 aliphatic carbocycles. The Labute approximate surface area is 92.1 Å². The van der Waals surface area contributed by atoms with Gasteiger partial charge < -0.3 is 26.8 Å². The molecule has 0 heterocycles. The quantitative estimate of drug-likeness (QED) is 0.447. The van der Waals surface area contributed by atoms with E-state index < -0.39 is 18.2 Å². The molecule has 6 heteroatoms. The molecular weight excluding hydrogens is 212 g/mol. The average molecular weight is 226 g/mol. The van der Waals surface area contributed by atoms with E-state index in [1.54, 1.807) is 6.92 Å². The molecule has 0 radical (unpaired) electrons. The highest BCUT2D eigenvalue weighted by Gasteiger charge is 2.25. The third kappa shape index (κ3) is 2.23. The molecule has 2 atom stereocenters. The van der Waals surface area contributed by atoms with E-state index in [1.165, 1.54) is 12.1 Å². The summed E-state index contributed by atoms with van der Waals surface area (Å²) < 4.78 is 0. The van der Waals surface area contributed by atoms with Crippen LogP contribution in [0.4, 0.5) is 11.4 Å². The van der Waals surface area contributed by atoms with Crippen molar-refractivity contribution in [2.45, 2.75) is 19.1 Å². The van der Waals surface area contributed by atoms with Crippen molar-refractivity contribution >= 4 is 17.3 Å². The van der Waals surface area contributed by atoms with Gasteiger partial charge in [0.25, 0.3) is 0 Å². The van der Waals surface area contributed by atoms with Gasteiger partial charge in [0, 0.05) is 0 Å². The number of carbonyl (C=O) groups is 1. The summed E-state index contributed by atoms with van der Waals surface area (Å²) in [6.07, 6.45) is -3.42. The number of benzene rings is 1. The zero-order valence-corrected chi connectivity index (χ0v) is 8.71. The van der Waals surface area contributed by atoms with Crippen molar-refractivity contribution < 1.29 is 20.1 Å². The molecule has 1 rings (SSSR count). The number of aliphatic hydroxyl groups is 2. The number of anilines is 2. The number of aliphatic carboxylic acids is 1. The van der Waals surface area contributed by atoms with E-state index >= 15 is 0 Å². The molecule has 0 fully saturated rings. The summed E-state index contributed by atoms with van der Waals surface area (Å²) in [7, 11) is 0. The second kappa shape index (κ2) is 4.38. The molecule has 0 spiro atoms. The SMILES string of the molecule is Cc1cc(C(O)C(O)C(=O)O)cc(N)c1N. The lowest BCUT2D eigenvalue weighted by atomic mass is 10.0. The Kier molecular flexibility index (Phi) is 3.36. The molecule has 0 aliphatic rings. The first kappa shape index (κ1) is 12.3. The zero-order valence-electron chi connectivity index (χ0n) is 8.71. The molecule has 0 aliphatic heterocycles. The highest BCUT2D eigenvalue weighted by Crippen LogP contribution is 2.26. The third-order valence-electron chi connectivity index (χ3n) is 2.33. The first-order valence-corrected chi connectivity index (χ1v) is 4.59. The van der Waals surface area contributed by atoms with Gasteiger partial charge in [-0.3, -0.25) is 0 Å². The number of nitrogen functional groups attached to an aromatic ring is 2. The lowest BCUT2D eigenvalue weighted by Crippen LogP contribution is -2.27. The highest BCUT2D eigenvalue weighted by molar-refractivity contribution is 5.74. The molecular formula is C10H14N2O4. The molecule has 6 nitrogen and oxygen atoms in total. The number of nitrogens with two attached hydrogens (primary N) is 2. The number of hydrogen-bond acceptors (Lipinski definition) is 5. The zero-order chi connectivity index (χ0) is 12.5. The first-order chi connectivity index (χ1) is 7.34. The van der Waals surface area contributed by atoms with Gasteiger partial charge in [0.2, 0.25) is 0 Å². The molecule has 1 aromatic rings. The fourth-order valence-electron chi connectivity index (χ4n) is 1.34. The van der Waals surface area contributed by atoms with E-state index in [4.69, 9.17) is 16.6 Å². The Balaban J connectivity index is 3.10. The number of hydrogen-bond donors (Lipinski definition) is 5. The van der Waals surface area contributed by atoms with Crippen molar-refractivity contribution in [3.05, 3.63) is 23.3 Å². The fraction of sp³-hybridized carbons (Fsp3) is 0.300. The molecule has 7 N–H and O–H groups in total. The number of aliphatic hydroxyl groups excluding tert-OH is 2. The maximum atomic E-state index is 10.5. The predicted octanol–water partition coefficient (Wildman–Crippen LogP) is -0.362. The molecule has 2 unspecified atom stereocenters. The second-order valence-electron chi connectivity index (χ2n) is 3.57. The van der Waals surface area contributed by atoms with Gasteiger partial charge in [0.05, 0.1) is 11.4 Å². The predicted molar refractivity (Wildman–Crippen MR) is 58.6 cm³/mol. The largest absolute Gasteiger partial charge is 0.479 e. The minimum atomic E-state index is -1.89. The Morgan fingerprint density at radius 1 is 1.31 bits per heavy atom. The molecule has 88 valence electrons. The standard InChI is InChI=1S/C10H14N2O4/c1-4-2-5(3-6(11)7(4)12)8(13)9(14)10(15)16/h2-3,8-9,13-14H,11-12H2,1H3,(H,15,16). The number of carboxylic acid groups (broad SMARTS) is 1. The number of rotatable bonds is 3. The van der Waals surface area contributed by atoms with Crippen LogP contribution in [0.2, 0.25) is 0 Å². The van der Waals surface area contributed by atoms with Crippen LogP contribution in [0, 0.1) is 6.92 Å². The lowest BCUT2D eigenvalue weighted by Gasteiger charge is -2.16. The maximum absolute atomic E-state index is 10.5. The molecule has 0 amide bonds. The molecule has 0 saturated heterocycles. The van der Waals surface area contributed by atoms with Crippen LogP contribution in [-0.2, 0) is 4.79 Å². The van der Waals surface area contributed by atoms with Crippen LogP contribution < -0.4 is 11.5 Å². The van der Waals surface area contributed by atoms with Crippen molar-refractivity contribution in [3.8, 4) is 0 Å². The van der Waals surface area contributed by atoms with Crippen LogP contribution in [0.1, 0.15) is 17.2 Å². The van der Waals surface area contributed by atoms with E-state index in [1.807, 2.05) is 0 Å². The molecule has 1 aromatic carbocycles. The van der Waals surface area contributed by atoms with Gasteiger partial charge in [-0.2, -0.15) is 0 Å². The van der Waals surface area contributed by atoms with Gasteiger partial charge in [0.1, 0.15) is 6.10 Å². The van der Waals surface area contributed by atoms with Gasteiger partial charge in [-0.15, -0.1) is 0 Å². The number of carboxylic acids is 1. The summed E-state index contributed by atoms with van der Waals surface area (Å²) in [5, 5.41) is 27.3. The van der Waals surface area contributed by atoms with Gasteiger partial charge in [-0.05, 0) is 24.1 Å². The average Bonchev–Trinajstić information content (AvgIpc) is 2.22. The smallest absolute Gasteiger partial charge is 0.335 e. The minimum absolute atomic E-state index is 0.221. The summed E-state index contributed by atoms with van der Waals surface area (Å²) in [6, 6.07) is 2.84. The van der Waals surface area contributed by atoms with Crippen LogP contribution in [0.5, 0.6) is 0 Å². The van der Waals surface area contributed by atoms with Gasteiger partial charge in [-0.1, -0.05) is 6.07 Å². The van der Waals surface area contributed by atoms with E-state index in [0.29, 0.717) is 11.3 Å². The summed E-state index contributed by atoms with van der Waals surface area (Å²) in [6.45, 7) is 1.68. The molecule has 0 bridgehead atoms. The Bertz CT molecular complexity index is 396. The Morgan fingerprint density at radius 3 is 2.31 bits per heavy atom. The number of aryl methyl sites for hydroxylation is 1. The van der Waals surface area contributed by atoms with E-state index in [0.717, 1.165) is 0 Å². The summed E-state index contributed by atoms with van der Waals surface area (Å²) in [4.78, 5) is 10.5. The lowest BCUT2D eigenvalue weighted by molar-refractivity contribution is -0.153. The van der Waals surface area contributed by atoms with Gasteiger partial charge >= 0.3 is 5.97 Å². The first-order valence-electron chi connectivity index (χ1n) is 4.59. The van der Waals surface area contributed by atoms with E-state index in [2.05, 4.69) is 0 Å². The van der Waals surface area contributed by atoms with E-state index in [9.17, 15) is 15.0 Å². The third-order valence-corrected chi connectivity index (χ3v) is 2.33. The van der Waals surface area contributed by atoms with Gasteiger partial charge in [-0.25, -0.2) is 4.79 Å². The van der Waals surface area contributed by atoms with Crippen LogP contribution in [-0.4, -0.2) is 27.4 Å². The summed E-state index contributed by atoms with van der Waals surface area (Å²) in [5.74, 6) is -1.50. The van der Waals surface area contributed by atoms with Gasteiger partial charge in [0.15, 0.2) is 6.10 Å². The van der Waals surface area contributed by atoms with Crippen LogP contribution in [0.25, 0.3) is 0 Å². The normalized spacial score (nSPS) is 14.4. The molecule has 0 aromatic heterocycles. The maximum Gasteiger partial charge on any atom is 0.335 e. The van der Waals surface area contributed by atoms with Crippen LogP contribution >= 0.6 is 0 Å². The van der Waals surface area contributed by atoms with Crippen molar-refractivity contribution in [1.82, 2.24) is 0 Å². The monoisotopic (exact) mass is 226 g/mol. The van der Waals surface area contributed by atoms with Crippen molar-refractivity contribution in [2.24, 2.45) is 0 Å². The van der Waals surface area contributed by atoms with Crippen molar-refractivity contribution in [3.63, 3.8) is 0 Å². The van der Waals surface area contributed by atoms with Crippen molar-refractivity contribution in [2.75, 3.05) is 11.5 Å². The summed E-state index contributed by atoms with van der Waals surface area (Å²) >= 11 is 0. The van der Waals surface area contributed by atoms with Crippen LogP contribution in [0.3, 0.4) is 0 Å². The summed E-state index contributed by atoms with van der Waals surface area (Å²) in [5.41, 5.74) is 12.6. The second-order valence-corrected chi connectivity index (χ2v) is 3.57. The minimum Gasteiger partial charge on any atom is -0.479 e. The Hall–Kier alpha value is -1.79. The molecule has 16 heavy (non-hydrogen) atoms. The molecule has 0 saturated carbocycles. The van der Waals surface area contributed by atoms with Crippen LogP contribution in [0.15, 0.2) is 12.1 Å². The van der Waals surface area contributed by atoms with Crippen molar-refractivity contribution in [1.29, 1.82) is 0 Å². The topological polar surface area (TPSA) is 130 Å². The Morgan fingerprint density at radius 2 is 1.88 bits per heavy atom. The fourth-order valence-corrected chi connectivity index (χ4v) is 1.34. The highest BCUT2D eigenvalue weighted by atomic mass is 16.4.